The molecular formula is C5H13NaO2S2. The van der Waals surface area contributed by atoms with Crippen LogP contribution in [0.15, 0.2) is 0 Å². The smallest absolute Gasteiger partial charge is 1.00 e. The van der Waals surface area contributed by atoms with Gasteiger partial charge in [0, 0.05) is 11.5 Å². The zero-order valence-electron chi connectivity index (χ0n) is 7.66. The third-order valence-electron chi connectivity index (χ3n) is 0.319. The first kappa shape index (κ1) is 17.3. The zero-order chi connectivity index (χ0) is 7.54. The van der Waals surface area contributed by atoms with Crippen LogP contribution in [0.5, 0.6) is 0 Å². The Balaban J connectivity index is -0.0000000437. The quantitative estimate of drug-likeness (QED) is 0.276. The number of carboxylic acid groups (broad SMARTS) is 1. The van der Waals surface area contributed by atoms with E-state index in [1.165, 1.54) is 11.5 Å². The first-order chi connectivity index (χ1) is 4.33. The number of hydrogen-bond donors (Lipinski definition) is 1. The Labute approximate surface area is 93.7 Å². The van der Waals surface area contributed by atoms with Crippen molar-refractivity contribution in [1.82, 2.24) is 0 Å². The van der Waals surface area contributed by atoms with Gasteiger partial charge in [0.15, 0.2) is 0 Å². The SMILES string of the molecule is CCSSCC.O=CO.[H-].[Na+]. The summed E-state index contributed by atoms with van der Waals surface area (Å²) < 4.78 is 0. The van der Waals surface area contributed by atoms with Gasteiger partial charge in [0.2, 0.25) is 0 Å². The van der Waals surface area contributed by atoms with Crippen LogP contribution >= 0.6 is 21.6 Å². The minimum Gasteiger partial charge on any atom is -1.00 e. The summed E-state index contributed by atoms with van der Waals surface area (Å²) in [5.74, 6) is 2.47. The van der Waals surface area contributed by atoms with Crippen LogP contribution in [-0.2, 0) is 4.79 Å². The topological polar surface area (TPSA) is 37.3 Å². The minimum atomic E-state index is -0.250. The maximum absolute atomic E-state index is 8.36. The van der Waals surface area contributed by atoms with Crippen LogP contribution in [0, 0.1) is 0 Å². The van der Waals surface area contributed by atoms with Gasteiger partial charge in [0.25, 0.3) is 6.47 Å². The summed E-state index contributed by atoms with van der Waals surface area (Å²) in [6.45, 7) is 4.10. The summed E-state index contributed by atoms with van der Waals surface area (Å²) in [6.07, 6.45) is 0. The molecule has 0 aromatic heterocycles. The van der Waals surface area contributed by atoms with Crippen molar-refractivity contribution in [2.75, 3.05) is 11.5 Å². The molecule has 0 aliphatic rings. The molecule has 0 unspecified atom stereocenters. The Morgan fingerprint density at radius 2 is 1.60 bits per heavy atom. The van der Waals surface area contributed by atoms with Crippen molar-refractivity contribution >= 4 is 28.1 Å². The molecule has 58 valence electrons. The molecule has 0 amide bonds. The molecule has 0 rings (SSSR count). The van der Waals surface area contributed by atoms with Crippen LogP contribution in [0.4, 0.5) is 0 Å². The summed E-state index contributed by atoms with van der Waals surface area (Å²) in [7, 11) is 3.85. The zero-order valence-corrected chi connectivity index (χ0v) is 10.3. The standard InChI is InChI=1S/C4H10S2.CH2O2.Na.H/c1-3-5-6-4-2;2-1-3;;/h3-4H2,1-2H3;1H,(H,2,3);;/q;;+1;-1. The van der Waals surface area contributed by atoms with E-state index in [0.29, 0.717) is 0 Å². The second kappa shape index (κ2) is 22.5. The molecular weight excluding hydrogens is 179 g/mol. The van der Waals surface area contributed by atoms with E-state index >= 15 is 0 Å². The fourth-order valence-corrected chi connectivity index (χ4v) is 1.50. The van der Waals surface area contributed by atoms with E-state index in [-0.39, 0.29) is 37.5 Å². The second-order valence-corrected chi connectivity index (χ2v) is 3.96. The summed E-state index contributed by atoms with van der Waals surface area (Å²) in [5, 5.41) is 6.89. The van der Waals surface area contributed by atoms with Gasteiger partial charge < -0.3 is 6.53 Å². The van der Waals surface area contributed by atoms with Crippen molar-refractivity contribution in [3.05, 3.63) is 0 Å². The van der Waals surface area contributed by atoms with Crippen molar-refractivity contribution in [2.24, 2.45) is 0 Å². The first-order valence-corrected chi connectivity index (χ1v) is 5.14. The van der Waals surface area contributed by atoms with E-state index in [1.807, 2.05) is 21.6 Å². The number of carbonyl (C=O) groups is 1. The summed E-state index contributed by atoms with van der Waals surface area (Å²) in [4.78, 5) is 8.36. The van der Waals surface area contributed by atoms with Crippen LogP contribution < -0.4 is 29.6 Å². The van der Waals surface area contributed by atoms with Gasteiger partial charge in [-0.2, -0.15) is 0 Å². The summed E-state index contributed by atoms with van der Waals surface area (Å²) >= 11 is 0. The molecule has 0 radical (unpaired) electrons. The van der Waals surface area contributed by atoms with Crippen molar-refractivity contribution < 1.29 is 40.9 Å². The molecule has 0 aliphatic heterocycles. The Morgan fingerprint density at radius 3 is 1.70 bits per heavy atom. The van der Waals surface area contributed by atoms with Crippen molar-refractivity contribution in [1.29, 1.82) is 0 Å². The van der Waals surface area contributed by atoms with Gasteiger partial charge in [-0.15, -0.1) is 0 Å². The summed E-state index contributed by atoms with van der Waals surface area (Å²) in [5.41, 5.74) is 0. The first-order valence-electron chi connectivity index (χ1n) is 2.65. The third kappa shape index (κ3) is 35.2. The van der Waals surface area contributed by atoms with Crippen LogP contribution in [0.25, 0.3) is 0 Å². The Kier molecular flexibility index (Phi) is 38.9. The molecule has 0 fully saturated rings. The van der Waals surface area contributed by atoms with E-state index in [2.05, 4.69) is 13.8 Å². The Morgan fingerprint density at radius 1 is 1.40 bits per heavy atom. The van der Waals surface area contributed by atoms with Crippen LogP contribution in [0.1, 0.15) is 15.3 Å². The molecule has 0 saturated carbocycles. The molecule has 0 aromatic carbocycles. The second-order valence-electron chi connectivity index (χ2n) is 0.918. The fourth-order valence-electron chi connectivity index (χ4n) is 0.167. The van der Waals surface area contributed by atoms with Crippen molar-refractivity contribution in [3.63, 3.8) is 0 Å². The molecule has 0 heterocycles. The minimum absolute atomic E-state index is 0. The van der Waals surface area contributed by atoms with Gasteiger partial charge in [-0.3, -0.25) is 4.79 Å². The Bertz CT molecular complexity index is 55.7. The predicted molar refractivity (Wildman–Crippen MR) is 46.1 cm³/mol. The van der Waals surface area contributed by atoms with E-state index in [4.69, 9.17) is 9.90 Å². The van der Waals surface area contributed by atoms with Gasteiger partial charge in [-0.1, -0.05) is 35.4 Å². The monoisotopic (exact) mass is 192 g/mol. The van der Waals surface area contributed by atoms with E-state index in [0.717, 1.165) is 0 Å². The van der Waals surface area contributed by atoms with Gasteiger partial charge in [-0.25, -0.2) is 0 Å². The van der Waals surface area contributed by atoms with Crippen LogP contribution in [-0.4, -0.2) is 23.1 Å². The van der Waals surface area contributed by atoms with Gasteiger partial charge in [0.05, 0.1) is 0 Å². The molecule has 0 bridgehead atoms. The Hall–Kier alpha value is 1.17. The average Bonchev–Trinajstić information content (AvgIpc) is 1.86. The molecule has 5 heteroatoms. The average molecular weight is 192 g/mol. The van der Waals surface area contributed by atoms with E-state index in [1.54, 1.807) is 0 Å². The van der Waals surface area contributed by atoms with E-state index < -0.39 is 0 Å². The molecule has 0 atom stereocenters. The molecule has 10 heavy (non-hydrogen) atoms. The van der Waals surface area contributed by atoms with E-state index in [9.17, 15) is 0 Å². The molecule has 1 N–H and O–H groups in total. The number of hydrogen-bond acceptors (Lipinski definition) is 3. The molecule has 0 aromatic rings. The van der Waals surface area contributed by atoms with Gasteiger partial charge >= 0.3 is 29.6 Å². The number of rotatable bonds is 3. The summed E-state index contributed by atoms with van der Waals surface area (Å²) in [6, 6.07) is 0. The van der Waals surface area contributed by atoms with Crippen molar-refractivity contribution in [3.8, 4) is 0 Å². The van der Waals surface area contributed by atoms with Crippen LogP contribution in [0.2, 0.25) is 0 Å². The maximum atomic E-state index is 8.36. The largest absolute Gasteiger partial charge is 1.00 e. The molecule has 0 saturated heterocycles. The van der Waals surface area contributed by atoms with Gasteiger partial charge in [0.1, 0.15) is 0 Å². The van der Waals surface area contributed by atoms with Crippen LogP contribution in [0.3, 0.4) is 0 Å². The predicted octanol–water partition coefficient (Wildman–Crippen LogP) is -0.775. The van der Waals surface area contributed by atoms with Crippen molar-refractivity contribution in [2.45, 2.75) is 13.8 Å². The fraction of sp³-hybridized carbons (Fsp3) is 0.800. The molecule has 2 nitrogen and oxygen atoms in total. The van der Waals surface area contributed by atoms with Gasteiger partial charge in [-0.05, 0) is 0 Å². The molecule has 0 spiro atoms. The molecule has 0 aliphatic carbocycles. The third-order valence-corrected chi connectivity index (χ3v) is 2.87. The maximum Gasteiger partial charge on any atom is 1.00 e. The normalized spacial score (nSPS) is 6.60.